The van der Waals surface area contributed by atoms with Crippen molar-refractivity contribution < 1.29 is 17.5 Å². The first-order chi connectivity index (χ1) is 9.95. The van der Waals surface area contributed by atoms with Crippen LogP contribution in [-0.2, 0) is 17.1 Å². The van der Waals surface area contributed by atoms with Crippen molar-refractivity contribution >= 4 is 10.0 Å². The highest BCUT2D eigenvalue weighted by Crippen LogP contribution is 2.33. The molecule has 1 aromatic heterocycles. The number of sulfonamides is 1. The first-order valence-electron chi connectivity index (χ1n) is 6.39. The van der Waals surface area contributed by atoms with Gasteiger partial charge in [0.25, 0.3) is 0 Å². The van der Waals surface area contributed by atoms with Gasteiger partial charge in [-0.05, 0) is 18.2 Å². The molecule has 3 rings (SSSR count). The molecule has 0 bridgehead atoms. The molecule has 0 amide bonds. The van der Waals surface area contributed by atoms with E-state index in [0.29, 0.717) is 24.3 Å². The fourth-order valence-electron chi connectivity index (χ4n) is 2.28. The summed E-state index contributed by atoms with van der Waals surface area (Å²) in [5.41, 5.74) is 0.508. The van der Waals surface area contributed by atoms with Gasteiger partial charge in [0, 0.05) is 25.2 Å². The van der Waals surface area contributed by atoms with Crippen molar-refractivity contribution in [2.24, 2.45) is 7.05 Å². The van der Waals surface area contributed by atoms with E-state index in [4.69, 9.17) is 4.74 Å². The van der Waals surface area contributed by atoms with Crippen LogP contribution in [0.15, 0.2) is 35.5 Å². The lowest BCUT2D eigenvalue weighted by Gasteiger charge is -2.26. The topological polar surface area (TPSA) is 73.2 Å². The van der Waals surface area contributed by atoms with E-state index in [2.05, 4.69) is 9.82 Å². The Kier molecular flexibility index (Phi) is 3.42. The molecule has 0 fully saturated rings. The van der Waals surface area contributed by atoms with Crippen molar-refractivity contribution in [1.29, 1.82) is 0 Å². The molecule has 1 N–H and O–H groups in total. The van der Waals surface area contributed by atoms with E-state index in [1.165, 1.54) is 35.3 Å². The molecular formula is C13H14FN3O3S. The summed E-state index contributed by atoms with van der Waals surface area (Å²) in [7, 11) is -2.07. The summed E-state index contributed by atoms with van der Waals surface area (Å²) in [6.07, 6.45) is 3.12. The Morgan fingerprint density at radius 3 is 3.00 bits per heavy atom. The number of aromatic nitrogens is 2. The number of nitrogens with one attached hydrogen (secondary N) is 1. The second kappa shape index (κ2) is 5.12. The Morgan fingerprint density at radius 1 is 1.48 bits per heavy atom. The molecule has 2 heterocycles. The molecule has 6 nitrogen and oxygen atoms in total. The van der Waals surface area contributed by atoms with Gasteiger partial charge in [-0.3, -0.25) is 4.68 Å². The van der Waals surface area contributed by atoms with Crippen LogP contribution in [0.3, 0.4) is 0 Å². The number of nitrogens with zero attached hydrogens (tertiary/aromatic N) is 2. The first kappa shape index (κ1) is 14.0. The summed E-state index contributed by atoms with van der Waals surface area (Å²) in [6.45, 7) is 0.374. The lowest BCUT2D eigenvalue weighted by molar-refractivity contribution is 0.262. The number of halogens is 1. The van der Waals surface area contributed by atoms with E-state index in [1.54, 1.807) is 7.05 Å². The zero-order valence-electron chi connectivity index (χ0n) is 11.3. The van der Waals surface area contributed by atoms with Gasteiger partial charge < -0.3 is 4.74 Å². The minimum absolute atomic E-state index is 0.0782. The summed E-state index contributed by atoms with van der Waals surface area (Å²) in [5, 5.41) is 3.85. The molecule has 0 saturated carbocycles. The van der Waals surface area contributed by atoms with Gasteiger partial charge in [0.05, 0.1) is 18.8 Å². The molecule has 0 spiro atoms. The van der Waals surface area contributed by atoms with Crippen LogP contribution >= 0.6 is 0 Å². The van der Waals surface area contributed by atoms with E-state index < -0.39 is 21.9 Å². The van der Waals surface area contributed by atoms with Gasteiger partial charge in [-0.1, -0.05) is 0 Å². The zero-order chi connectivity index (χ0) is 15.0. The number of fused-ring (bicyclic) bond motifs is 1. The van der Waals surface area contributed by atoms with Crippen molar-refractivity contribution in [3.8, 4) is 5.75 Å². The van der Waals surface area contributed by atoms with Gasteiger partial charge in [0.1, 0.15) is 16.5 Å². The van der Waals surface area contributed by atoms with Crippen molar-refractivity contribution in [1.82, 2.24) is 14.5 Å². The number of aryl methyl sites for hydroxylation is 1. The van der Waals surface area contributed by atoms with E-state index in [-0.39, 0.29) is 4.90 Å². The summed E-state index contributed by atoms with van der Waals surface area (Å²) in [4.78, 5) is 0.0782. The zero-order valence-corrected chi connectivity index (χ0v) is 12.1. The van der Waals surface area contributed by atoms with Crippen LogP contribution in [-0.4, -0.2) is 24.8 Å². The van der Waals surface area contributed by atoms with Crippen LogP contribution < -0.4 is 9.46 Å². The third-order valence-corrected chi connectivity index (χ3v) is 4.73. The van der Waals surface area contributed by atoms with Crippen LogP contribution in [0.2, 0.25) is 0 Å². The summed E-state index contributed by atoms with van der Waals surface area (Å²) in [6, 6.07) is 3.58. The molecule has 0 radical (unpaired) electrons. The fraction of sp³-hybridized carbons (Fsp3) is 0.308. The molecule has 2 aromatic rings. The monoisotopic (exact) mass is 311 g/mol. The minimum atomic E-state index is -3.71. The number of hydrogen-bond donors (Lipinski definition) is 1. The lowest BCUT2D eigenvalue weighted by atomic mass is 10.0. The molecule has 1 unspecified atom stereocenters. The SMILES string of the molecule is Cn1cc(S(=O)(=O)NC2CCOc3ccc(F)cc32)cn1. The van der Waals surface area contributed by atoms with Crippen LogP contribution in [0.5, 0.6) is 5.75 Å². The lowest BCUT2D eigenvalue weighted by Crippen LogP contribution is -2.32. The fourth-order valence-corrected chi connectivity index (χ4v) is 3.51. The molecule has 21 heavy (non-hydrogen) atoms. The highest BCUT2D eigenvalue weighted by atomic mass is 32.2. The molecule has 1 aromatic carbocycles. The van der Waals surface area contributed by atoms with E-state index in [9.17, 15) is 12.8 Å². The molecular weight excluding hydrogens is 297 g/mol. The van der Waals surface area contributed by atoms with Crippen LogP contribution in [0, 0.1) is 5.82 Å². The van der Waals surface area contributed by atoms with Gasteiger partial charge in [0.15, 0.2) is 0 Å². The normalized spacial score (nSPS) is 18.1. The largest absolute Gasteiger partial charge is 0.493 e. The maximum Gasteiger partial charge on any atom is 0.244 e. The highest BCUT2D eigenvalue weighted by molar-refractivity contribution is 7.89. The first-order valence-corrected chi connectivity index (χ1v) is 7.87. The number of hydrogen-bond acceptors (Lipinski definition) is 4. The van der Waals surface area contributed by atoms with Gasteiger partial charge in [-0.15, -0.1) is 0 Å². The van der Waals surface area contributed by atoms with Gasteiger partial charge in [-0.2, -0.15) is 5.10 Å². The maximum atomic E-state index is 13.4. The second-order valence-electron chi connectivity index (χ2n) is 4.84. The van der Waals surface area contributed by atoms with Crippen molar-refractivity contribution in [2.75, 3.05) is 6.61 Å². The standard InChI is InChI=1S/C13H14FN3O3S/c1-17-8-10(7-15-17)21(18,19)16-12-4-5-20-13-3-2-9(14)6-11(12)13/h2-3,6-8,12,16H,4-5H2,1H3. The minimum Gasteiger partial charge on any atom is -0.493 e. The second-order valence-corrected chi connectivity index (χ2v) is 6.56. The maximum absolute atomic E-state index is 13.4. The van der Waals surface area contributed by atoms with Crippen LogP contribution in [0.25, 0.3) is 0 Å². The van der Waals surface area contributed by atoms with Crippen molar-refractivity contribution in [3.05, 3.63) is 42.0 Å². The third kappa shape index (κ3) is 2.77. The summed E-state index contributed by atoms with van der Waals surface area (Å²) < 4.78 is 47.4. The Bertz CT molecular complexity index is 773. The Hall–Kier alpha value is -1.93. The summed E-state index contributed by atoms with van der Waals surface area (Å²) >= 11 is 0. The number of ether oxygens (including phenoxy) is 1. The molecule has 8 heteroatoms. The van der Waals surface area contributed by atoms with Crippen LogP contribution in [0.1, 0.15) is 18.0 Å². The molecule has 1 atom stereocenters. The molecule has 1 aliphatic heterocycles. The summed E-state index contributed by atoms with van der Waals surface area (Å²) in [5.74, 6) is 0.0753. The number of benzene rings is 1. The van der Waals surface area contributed by atoms with Crippen molar-refractivity contribution in [3.63, 3.8) is 0 Å². The van der Waals surface area contributed by atoms with E-state index in [1.807, 2.05) is 0 Å². The van der Waals surface area contributed by atoms with Gasteiger partial charge >= 0.3 is 0 Å². The molecule has 0 aliphatic carbocycles. The Morgan fingerprint density at radius 2 is 2.29 bits per heavy atom. The van der Waals surface area contributed by atoms with E-state index >= 15 is 0 Å². The third-order valence-electron chi connectivity index (χ3n) is 3.30. The Labute approximate surface area is 121 Å². The van der Waals surface area contributed by atoms with Gasteiger partial charge in [0.2, 0.25) is 10.0 Å². The quantitative estimate of drug-likeness (QED) is 0.929. The predicted molar refractivity (Wildman–Crippen MR) is 72.8 cm³/mol. The molecule has 1 aliphatic rings. The molecule has 0 saturated heterocycles. The van der Waals surface area contributed by atoms with Crippen molar-refractivity contribution in [2.45, 2.75) is 17.4 Å². The van der Waals surface area contributed by atoms with Gasteiger partial charge in [-0.25, -0.2) is 17.5 Å². The average molecular weight is 311 g/mol. The van der Waals surface area contributed by atoms with Crippen LogP contribution in [0.4, 0.5) is 4.39 Å². The molecule has 112 valence electrons. The average Bonchev–Trinajstić information content (AvgIpc) is 2.87. The number of rotatable bonds is 3. The Balaban J connectivity index is 1.91. The van der Waals surface area contributed by atoms with E-state index in [0.717, 1.165) is 0 Å². The predicted octanol–water partition coefficient (Wildman–Crippen LogP) is 1.36. The highest BCUT2D eigenvalue weighted by Gasteiger charge is 2.27. The smallest absolute Gasteiger partial charge is 0.244 e.